The van der Waals surface area contributed by atoms with Crippen molar-refractivity contribution in [3.63, 3.8) is 0 Å². The highest BCUT2D eigenvalue weighted by atomic mass is 16.2. The average Bonchev–Trinajstić information content (AvgIpc) is 3.04. The van der Waals surface area contributed by atoms with Crippen LogP contribution in [0.25, 0.3) is 0 Å². The Kier molecular flexibility index (Phi) is 5.89. The molecule has 0 aliphatic carbocycles. The van der Waals surface area contributed by atoms with Gasteiger partial charge in [0.05, 0.1) is 0 Å². The molecule has 1 aromatic heterocycles. The molecule has 0 atom stereocenters. The van der Waals surface area contributed by atoms with Gasteiger partial charge >= 0.3 is 0 Å². The largest absolute Gasteiger partial charge is 0.321 e. The monoisotopic (exact) mass is 376 g/mol. The minimum absolute atomic E-state index is 0.118. The molecule has 2 N–H and O–H groups in total. The first-order valence-corrected chi connectivity index (χ1v) is 9.19. The number of amides is 2. The first-order chi connectivity index (χ1) is 13.4. The van der Waals surface area contributed by atoms with Gasteiger partial charge in [0, 0.05) is 25.2 Å². The van der Waals surface area contributed by atoms with Gasteiger partial charge in [-0.1, -0.05) is 36.4 Å². The Morgan fingerprint density at radius 2 is 1.71 bits per heavy atom. The number of aromatic nitrogens is 2. The minimum Gasteiger partial charge on any atom is -0.321 e. The zero-order valence-electron chi connectivity index (χ0n) is 16.3. The molecular formula is C22H24N4O2. The van der Waals surface area contributed by atoms with Gasteiger partial charge in [0.1, 0.15) is 5.82 Å². The van der Waals surface area contributed by atoms with E-state index in [9.17, 15) is 9.59 Å². The fraction of sp³-hybridized carbons (Fsp3) is 0.227. The third-order valence-corrected chi connectivity index (χ3v) is 4.63. The summed E-state index contributed by atoms with van der Waals surface area (Å²) in [6.45, 7) is 4.02. The Balaban J connectivity index is 1.61. The molecule has 0 saturated heterocycles. The van der Waals surface area contributed by atoms with Gasteiger partial charge in [-0.15, -0.1) is 0 Å². The van der Waals surface area contributed by atoms with E-state index in [2.05, 4.69) is 15.7 Å². The van der Waals surface area contributed by atoms with Gasteiger partial charge in [-0.3, -0.25) is 14.3 Å². The quantitative estimate of drug-likeness (QED) is 0.686. The Hall–Kier alpha value is -3.41. The van der Waals surface area contributed by atoms with Crippen molar-refractivity contribution in [2.24, 2.45) is 7.05 Å². The normalized spacial score (nSPS) is 10.5. The number of carbonyl (C=O) groups excluding carboxylic acids is 2. The molecule has 0 unspecified atom stereocenters. The van der Waals surface area contributed by atoms with Crippen molar-refractivity contribution in [3.05, 3.63) is 77.0 Å². The summed E-state index contributed by atoms with van der Waals surface area (Å²) in [5.41, 5.74) is 4.34. The molecule has 0 radical (unpaired) electrons. The van der Waals surface area contributed by atoms with Crippen molar-refractivity contribution >= 4 is 23.3 Å². The van der Waals surface area contributed by atoms with E-state index >= 15 is 0 Å². The lowest BCUT2D eigenvalue weighted by atomic mass is 10.1. The number of hydrogen-bond donors (Lipinski definition) is 2. The van der Waals surface area contributed by atoms with Crippen LogP contribution in [0.2, 0.25) is 0 Å². The molecule has 0 aliphatic rings. The molecule has 2 amide bonds. The zero-order chi connectivity index (χ0) is 20.1. The maximum Gasteiger partial charge on any atom is 0.276 e. The van der Waals surface area contributed by atoms with Gasteiger partial charge in [-0.05, 0) is 49.1 Å². The maximum absolute atomic E-state index is 12.5. The van der Waals surface area contributed by atoms with Crippen molar-refractivity contribution in [1.29, 1.82) is 0 Å². The smallest absolute Gasteiger partial charge is 0.276 e. The molecule has 3 aromatic rings. The number of carbonyl (C=O) groups is 2. The molecule has 28 heavy (non-hydrogen) atoms. The van der Waals surface area contributed by atoms with Crippen LogP contribution in [0.3, 0.4) is 0 Å². The third kappa shape index (κ3) is 4.85. The molecule has 3 rings (SSSR count). The average molecular weight is 376 g/mol. The van der Waals surface area contributed by atoms with E-state index in [1.807, 2.05) is 62.4 Å². The van der Waals surface area contributed by atoms with Crippen LogP contribution in [0.1, 0.15) is 33.6 Å². The highest BCUT2D eigenvalue weighted by Crippen LogP contribution is 2.16. The molecule has 6 nitrogen and oxygen atoms in total. The van der Waals surface area contributed by atoms with E-state index in [-0.39, 0.29) is 17.5 Å². The highest BCUT2D eigenvalue weighted by Gasteiger charge is 2.15. The summed E-state index contributed by atoms with van der Waals surface area (Å²) < 4.78 is 1.50. The van der Waals surface area contributed by atoms with Crippen molar-refractivity contribution < 1.29 is 9.59 Å². The van der Waals surface area contributed by atoms with Crippen LogP contribution < -0.4 is 10.6 Å². The van der Waals surface area contributed by atoms with Crippen molar-refractivity contribution in [2.75, 3.05) is 10.6 Å². The second-order valence-electron chi connectivity index (χ2n) is 6.83. The van der Waals surface area contributed by atoms with E-state index in [1.165, 1.54) is 4.68 Å². The second-order valence-corrected chi connectivity index (χ2v) is 6.83. The van der Waals surface area contributed by atoms with Gasteiger partial charge in [0.2, 0.25) is 5.91 Å². The molecule has 6 heteroatoms. The van der Waals surface area contributed by atoms with Crippen molar-refractivity contribution in [3.8, 4) is 0 Å². The molecule has 2 aromatic carbocycles. The molecule has 1 heterocycles. The summed E-state index contributed by atoms with van der Waals surface area (Å²) in [4.78, 5) is 24.7. The molecular weight excluding hydrogens is 352 g/mol. The van der Waals surface area contributed by atoms with Gasteiger partial charge in [-0.2, -0.15) is 5.10 Å². The van der Waals surface area contributed by atoms with E-state index in [0.29, 0.717) is 24.3 Å². The predicted molar refractivity (Wildman–Crippen MR) is 110 cm³/mol. The fourth-order valence-corrected chi connectivity index (χ4v) is 2.82. The number of nitrogens with one attached hydrogen (secondary N) is 2. The lowest BCUT2D eigenvalue weighted by Gasteiger charge is -2.06. The Bertz CT molecular complexity index is 993. The topological polar surface area (TPSA) is 76.0 Å². The maximum atomic E-state index is 12.5. The minimum atomic E-state index is -0.316. The zero-order valence-corrected chi connectivity index (χ0v) is 16.3. The van der Waals surface area contributed by atoms with Crippen LogP contribution in [-0.4, -0.2) is 21.6 Å². The number of benzene rings is 2. The van der Waals surface area contributed by atoms with E-state index in [4.69, 9.17) is 0 Å². The standard InChI is InChI=1S/C22H24N4O2/c1-15-9-11-18(13-16(15)2)23-22(28)19-14-20(26(3)25-19)24-21(27)12-10-17-7-5-4-6-8-17/h4-9,11,13-14H,10,12H2,1-3H3,(H,23,28)(H,24,27). The molecule has 0 spiro atoms. The Labute approximate surface area is 164 Å². The molecule has 0 fully saturated rings. The van der Waals surface area contributed by atoms with Gasteiger partial charge in [0.15, 0.2) is 5.69 Å². The van der Waals surface area contributed by atoms with Gasteiger partial charge < -0.3 is 10.6 Å². The summed E-state index contributed by atoms with van der Waals surface area (Å²) in [7, 11) is 1.69. The van der Waals surface area contributed by atoms with Crippen LogP contribution in [-0.2, 0) is 18.3 Å². The first kappa shape index (κ1) is 19.4. The second kappa shape index (κ2) is 8.52. The Morgan fingerprint density at radius 1 is 0.964 bits per heavy atom. The van der Waals surface area contributed by atoms with Crippen LogP contribution in [0.15, 0.2) is 54.6 Å². The fourth-order valence-electron chi connectivity index (χ4n) is 2.82. The number of hydrogen-bond acceptors (Lipinski definition) is 3. The number of nitrogens with zero attached hydrogens (tertiary/aromatic N) is 2. The van der Waals surface area contributed by atoms with E-state index in [1.54, 1.807) is 13.1 Å². The first-order valence-electron chi connectivity index (χ1n) is 9.19. The lowest BCUT2D eigenvalue weighted by molar-refractivity contribution is -0.116. The van der Waals surface area contributed by atoms with Crippen LogP contribution in [0.4, 0.5) is 11.5 Å². The number of aryl methyl sites for hydroxylation is 4. The third-order valence-electron chi connectivity index (χ3n) is 4.63. The van der Waals surface area contributed by atoms with E-state index < -0.39 is 0 Å². The van der Waals surface area contributed by atoms with Gasteiger partial charge in [0.25, 0.3) is 5.91 Å². The summed E-state index contributed by atoms with van der Waals surface area (Å²) in [5, 5.41) is 9.86. The summed E-state index contributed by atoms with van der Waals surface area (Å²) in [6, 6.07) is 17.2. The van der Waals surface area contributed by atoms with Crippen molar-refractivity contribution in [2.45, 2.75) is 26.7 Å². The van der Waals surface area contributed by atoms with Crippen molar-refractivity contribution in [1.82, 2.24) is 9.78 Å². The predicted octanol–water partition coefficient (Wildman–Crippen LogP) is 3.86. The van der Waals surface area contributed by atoms with E-state index in [0.717, 1.165) is 16.7 Å². The summed E-state index contributed by atoms with van der Waals surface area (Å²) in [5.74, 6) is 0.0555. The molecule has 0 saturated carbocycles. The number of anilines is 2. The molecule has 0 aliphatic heterocycles. The SMILES string of the molecule is Cc1ccc(NC(=O)c2cc(NC(=O)CCc3ccccc3)n(C)n2)cc1C. The van der Waals surface area contributed by atoms with Gasteiger partial charge in [-0.25, -0.2) is 0 Å². The molecule has 0 bridgehead atoms. The van der Waals surface area contributed by atoms with Crippen LogP contribution in [0, 0.1) is 13.8 Å². The Morgan fingerprint density at radius 3 is 2.43 bits per heavy atom. The summed E-state index contributed by atoms with van der Waals surface area (Å²) >= 11 is 0. The summed E-state index contributed by atoms with van der Waals surface area (Å²) in [6.07, 6.45) is 1.02. The van der Waals surface area contributed by atoms with Crippen LogP contribution in [0.5, 0.6) is 0 Å². The highest BCUT2D eigenvalue weighted by molar-refractivity contribution is 6.04. The lowest BCUT2D eigenvalue weighted by Crippen LogP contribution is -2.14. The number of rotatable bonds is 6. The van der Waals surface area contributed by atoms with Crippen LogP contribution >= 0.6 is 0 Å². The molecule has 144 valence electrons.